The van der Waals surface area contributed by atoms with Crippen LogP contribution in [-0.4, -0.2) is 41.2 Å². The summed E-state index contributed by atoms with van der Waals surface area (Å²) in [5.74, 6) is -40.1. The van der Waals surface area contributed by atoms with Crippen molar-refractivity contribution in [2.24, 2.45) is 0 Å². The number of hydrogen-bond donors (Lipinski definition) is 0. The summed E-state index contributed by atoms with van der Waals surface area (Å²) in [7, 11) is -6.77. The monoisotopic (exact) mass is 940 g/mol. The number of hydrogen-bond acceptors (Lipinski definition) is 0. The van der Waals surface area contributed by atoms with Crippen molar-refractivity contribution in [1.82, 2.24) is 0 Å². The molecule has 4 rings (SSSR count). The Morgan fingerprint density at radius 3 is 0.945 bits per heavy atom. The van der Waals surface area contributed by atoms with E-state index >= 15 is 52.7 Å². The van der Waals surface area contributed by atoms with Crippen molar-refractivity contribution >= 4 is 57.7 Å². The van der Waals surface area contributed by atoms with Crippen molar-refractivity contribution in [3.8, 4) is 0 Å². The zero-order chi connectivity index (χ0) is 42.0. The third-order valence-corrected chi connectivity index (χ3v) is 46.6. The second-order valence-electron chi connectivity index (χ2n) is 15.7. The third-order valence-electron chi connectivity index (χ3n) is 9.97. The van der Waals surface area contributed by atoms with Gasteiger partial charge >= 0.3 is 316 Å². The van der Waals surface area contributed by atoms with Crippen LogP contribution in [0.15, 0.2) is 11.9 Å². The normalized spacial score (nSPS) is 14.9. The van der Waals surface area contributed by atoms with Crippen LogP contribution in [0.25, 0.3) is 5.57 Å². The summed E-state index contributed by atoms with van der Waals surface area (Å²) in [5, 5.41) is 0. The van der Waals surface area contributed by atoms with E-state index in [0.717, 1.165) is 0 Å². The molecule has 3 aromatic rings. The van der Waals surface area contributed by atoms with Crippen LogP contribution in [0.1, 0.15) is 45.1 Å². The Balaban J connectivity index is 2.62. The van der Waals surface area contributed by atoms with E-state index in [1.807, 2.05) is 0 Å². The van der Waals surface area contributed by atoms with Crippen LogP contribution in [0.5, 0.6) is 0 Å². The van der Waals surface area contributed by atoms with Crippen molar-refractivity contribution in [3.63, 3.8) is 0 Å². The van der Waals surface area contributed by atoms with Crippen molar-refractivity contribution in [2.75, 3.05) is 0 Å². The minimum absolute atomic E-state index is 0.0953. The molecule has 0 bridgehead atoms. The van der Waals surface area contributed by atoms with Crippen molar-refractivity contribution < 1.29 is 65.9 Å². The molecule has 0 aromatic heterocycles. The summed E-state index contributed by atoms with van der Waals surface area (Å²) < 4.78 is 233. The van der Waals surface area contributed by atoms with E-state index in [9.17, 15) is 13.2 Å². The molecular formula is C36H36BF15Si2Sn. The van der Waals surface area contributed by atoms with Gasteiger partial charge in [0.2, 0.25) is 0 Å². The Bertz CT molecular complexity index is 1970. The van der Waals surface area contributed by atoms with Crippen LogP contribution >= 0.6 is 0 Å². The van der Waals surface area contributed by atoms with Gasteiger partial charge in [0.15, 0.2) is 0 Å². The molecule has 55 heavy (non-hydrogen) atoms. The molecule has 0 fully saturated rings. The zero-order valence-corrected chi connectivity index (χ0v) is 35.8. The van der Waals surface area contributed by atoms with E-state index in [-0.39, 0.29) is 15.3 Å². The average molecular weight is 939 g/mol. The predicted octanol–water partition coefficient (Wildman–Crippen LogP) is 11.6. The molecule has 0 unspecified atom stereocenters. The fourth-order valence-electron chi connectivity index (χ4n) is 8.23. The van der Waals surface area contributed by atoms with Gasteiger partial charge in [-0.15, -0.1) is 0 Å². The predicted molar refractivity (Wildman–Crippen MR) is 190 cm³/mol. The Morgan fingerprint density at radius 2 is 0.673 bits per heavy atom. The van der Waals surface area contributed by atoms with Crippen molar-refractivity contribution in [2.45, 2.75) is 87.7 Å². The van der Waals surface area contributed by atoms with Crippen LogP contribution in [-0.2, 0) is 0 Å². The van der Waals surface area contributed by atoms with Crippen LogP contribution < -0.4 is 10.9 Å². The first-order chi connectivity index (χ1) is 25.3. The molecule has 0 atom stereocenters. The molecule has 0 radical (unpaired) electrons. The van der Waals surface area contributed by atoms with Crippen LogP contribution in [0, 0.1) is 87.3 Å². The molecule has 0 spiro atoms. The molecule has 0 amide bonds. The molecule has 0 nitrogen and oxygen atoms in total. The minimum atomic E-state index is -5.05. The van der Waals surface area contributed by atoms with Gasteiger partial charge < -0.3 is 0 Å². The van der Waals surface area contributed by atoms with Gasteiger partial charge in [-0.1, -0.05) is 0 Å². The Hall–Kier alpha value is -2.61. The Kier molecular flexibility index (Phi) is 13.1. The number of allylic oxidation sites excluding steroid dienone is 2. The summed E-state index contributed by atoms with van der Waals surface area (Å²) >= 11 is -5.05. The van der Waals surface area contributed by atoms with E-state index in [2.05, 4.69) is 0 Å². The van der Waals surface area contributed by atoms with Gasteiger partial charge in [0.25, 0.3) is 0 Å². The zero-order valence-electron chi connectivity index (χ0n) is 31.0. The van der Waals surface area contributed by atoms with E-state index in [4.69, 9.17) is 0 Å². The molecule has 1 aliphatic heterocycles. The number of unbranched alkanes of at least 4 members (excludes halogenated alkanes) is 2. The number of benzene rings is 3. The molecule has 300 valence electrons. The van der Waals surface area contributed by atoms with Crippen LogP contribution in [0.2, 0.25) is 48.2 Å². The van der Waals surface area contributed by atoms with Crippen LogP contribution in [0.4, 0.5) is 65.9 Å². The topological polar surface area (TPSA) is 0 Å². The average Bonchev–Trinajstić information content (AvgIpc) is 3.42. The van der Waals surface area contributed by atoms with E-state index in [1.165, 1.54) is 0 Å². The standard InChI is InChI=1S/C28H18BF15Si2.2C4H9.Sn/c1-45(2,3)7-9(11-14(30)20(36)26(42)21(37)15(11)31)10(8-46(4,5)6)29(12-16(32)22(38)27(43)23(39)17(12)33)13-18(34)24(40)28(44)25(41)19(13)35;2*1-3-4-2;/h1-6H3;2*1,3-4H2,2H3;. The van der Waals surface area contributed by atoms with Crippen molar-refractivity contribution in [3.05, 3.63) is 105 Å². The SMILES string of the molecule is CCC[CH2][Sn]1([CH2]CCC)[C]([Si](C)(C)C)=C(B(c2c(F)c(F)c(F)c(F)c2F)c2c(F)c(F)c(F)c(F)c2F)C(c2c(F)c(F)c(F)c(F)c2F)=[C]1[Si](C)(C)C. The third kappa shape index (κ3) is 7.26. The first-order valence-electron chi connectivity index (χ1n) is 17.3. The fourth-order valence-corrected chi connectivity index (χ4v) is 57.7. The Morgan fingerprint density at radius 1 is 0.400 bits per heavy atom. The summed E-state index contributed by atoms with van der Waals surface area (Å²) in [6, 6.07) is 0. The van der Waals surface area contributed by atoms with E-state index in [1.54, 1.807) is 53.1 Å². The van der Waals surface area contributed by atoms with Gasteiger partial charge in [-0.2, -0.15) is 0 Å². The maximum atomic E-state index is 16.4. The molecule has 3 aromatic carbocycles. The number of halogens is 15. The van der Waals surface area contributed by atoms with Gasteiger partial charge in [-0.3, -0.25) is 0 Å². The molecule has 0 N–H and O–H groups in total. The number of rotatable bonds is 12. The first kappa shape index (κ1) is 45.1. The molecule has 0 aliphatic carbocycles. The second kappa shape index (κ2) is 16.0. The van der Waals surface area contributed by atoms with Crippen molar-refractivity contribution in [1.29, 1.82) is 0 Å². The second-order valence-corrected chi connectivity index (χ2v) is 40.4. The summed E-state index contributed by atoms with van der Waals surface area (Å²) in [6.07, 6.45) is 1.59. The quantitative estimate of drug-likeness (QED) is 0.0735. The van der Waals surface area contributed by atoms with Crippen LogP contribution in [0.3, 0.4) is 0 Å². The van der Waals surface area contributed by atoms with Gasteiger partial charge in [0, 0.05) is 0 Å². The molecule has 0 saturated carbocycles. The van der Waals surface area contributed by atoms with Gasteiger partial charge in [0.1, 0.15) is 0 Å². The van der Waals surface area contributed by atoms with Gasteiger partial charge in [-0.05, 0) is 0 Å². The summed E-state index contributed by atoms with van der Waals surface area (Å²) in [4.78, 5) is 0. The molecular weight excluding hydrogens is 903 g/mol. The first-order valence-corrected chi connectivity index (χ1v) is 31.2. The Labute approximate surface area is 314 Å². The van der Waals surface area contributed by atoms with E-state index in [0.29, 0.717) is 25.7 Å². The summed E-state index contributed by atoms with van der Waals surface area (Å²) in [5.41, 5.74) is -7.92. The summed E-state index contributed by atoms with van der Waals surface area (Å²) in [6.45, 7) is 9.90. The van der Waals surface area contributed by atoms with Gasteiger partial charge in [0.05, 0.1) is 0 Å². The molecule has 1 heterocycles. The van der Waals surface area contributed by atoms with Gasteiger partial charge in [-0.25, -0.2) is 0 Å². The maximum absolute atomic E-state index is 16.4. The molecule has 0 saturated heterocycles. The fraction of sp³-hybridized carbons (Fsp3) is 0.389. The molecule has 1 aliphatic rings. The van der Waals surface area contributed by atoms with E-state index < -0.39 is 156 Å². The molecule has 19 heteroatoms.